The smallest absolute Gasteiger partial charge is 0.0431 e. The Balaban J connectivity index is 2.23. The van der Waals surface area contributed by atoms with Crippen molar-refractivity contribution in [2.45, 2.75) is 105 Å². The van der Waals surface area contributed by atoms with E-state index in [4.69, 9.17) is 5.11 Å². The fraction of sp³-hybridized carbons (Fsp3) is 0.909. The first-order valence-corrected chi connectivity index (χ1v) is 10.2. The molecule has 0 heterocycles. The van der Waals surface area contributed by atoms with Crippen LogP contribution in [0.4, 0.5) is 0 Å². The maximum Gasteiger partial charge on any atom is 0.0431 e. The van der Waals surface area contributed by atoms with Crippen molar-refractivity contribution in [2.75, 3.05) is 6.61 Å². The first-order valence-electron chi connectivity index (χ1n) is 10.2. The Labute approximate surface area is 146 Å². The number of hydrogen-bond donors (Lipinski definition) is 1. The highest BCUT2D eigenvalue weighted by atomic mass is 16.2. The van der Waals surface area contributed by atoms with Crippen molar-refractivity contribution in [1.29, 1.82) is 0 Å². The molecule has 2 unspecified atom stereocenters. The van der Waals surface area contributed by atoms with E-state index in [1.165, 1.54) is 64.2 Å². The molecule has 1 aliphatic rings. The lowest BCUT2D eigenvalue weighted by molar-refractivity contribution is 0.277. The third-order valence-corrected chi connectivity index (χ3v) is 6.07. The van der Waals surface area contributed by atoms with Gasteiger partial charge in [-0.2, -0.15) is 0 Å². The first-order chi connectivity index (χ1) is 10.9. The molecule has 0 radical (unpaired) electrons. The van der Waals surface area contributed by atoms with Gasteiger partial charge in [0.05, 0.1) is 0 Å². The van der Waals surface area contributed by atoms with Gasteiger partial charge in [0.25, 0.3) is 0 Å². The predicted molar refractivity (Wildman–Crippen MR) is 103 cm³/mol. The van der Waals surface area contributed by atoms with Crippen molar-refractivity contribution >= 4 is 0 Å². The van der Waals surface area contributed by atoms with Crippen molar-refractivity contribution in [3.8, 4) is 0 Å². The van der Waals surface area contributed by atoms with Gasteiger partial charge in [-0.25, -0.2) is 0 Å². The molecule has 0 aliphatic heterocycles. The molecular formula is C22H42O. The van der Waals surface area contributed by atoms with Crippen LogP contribution < -0.4 is 0 Å². The van der Waals surface area contributed by atoms with E-state index in [1.54, 1.807) is 11.1 Å². The lowest BCUT2D eigenvalue weighted by atomic mass is 9.70. The SMILES string of the molecule is CC1=C(CCC(C)CCCC(C)CCCCO)C(C)(C)CCC1. The van der Waals surface area contributed by atoms with Crippen LogP contribution in [0.5, 0.6) is 0 Å². The van der Waals surface area contributed by atoms with E-state index in [1.807, 2.05) is 0 Å². The first kappa shape index (κ1) is 20.7. The number of aliphatic hydroxyl groups is 1. The van der Waals surface area contributed by atoms with Crippen molar-refractivity contribution in [1.82, 2.24) is 0 Å². The fourth-order valence-corrected chi connectivity index (χ4v) is 4.33. The van der Waals surface area contributed by atoms with Crippen LogP contribution in [-0.4, -0.2) is 11.7 Å². The number of rotatable bonds is 11. The Bertz CT molecular complexity index is 353. The molecule has 0 aromatic rings. The number of aliphatic hydroxyl groups excluding tert-OH is 1. The maximum absolute atomic E-state index is 8.85. The van der Waals surface area contributed by atoms with E-state index in [2.05, 4.69) is 34.6 Å². The van der Waals surface area contributed by atoms with E-state index in [9.17, 15) is 0 Å². The average molecular weight is 323 g/mol. The molecule has 0 saturated carbocycles. The zero-order valence-electron chi connectivity index (χ0n) is 16.6. The minimum Gasteiger partial charge on any atom is -0.396 e. The third kappa shape index (κ3) is 7.88. The minimum atomic E-state index is 0.357. The molecule has 0 spiro atoms. The molecule has 0 fully saturated rings. The van der Waals surface area contributed by atoms with Crippen LogP contribution in [0.3, 0.4) is 0 Å². The van der Waals surface area contributed by atoms with E-state index in [0.29, 0.717) is 12.0 Å². The van der Waals surface area contributed by atoms with Crippen molar-refractivity contribution in [3.05, 3.63) is 11.1 Å². The van der Waals surface area contributed by atoms with Crippen molar-refractivity contribution in [2.24, 2.45) is 17.3 Å². The van der Waals surface area contributed by atoms with Crippen LogP contribution in [0.25, 0.3) is 0 Å². The van der Waals surface area contributed by atoms with Gasteiger partial charge >= 0.3 is 0 Å². The summed E-state index contributed by atoms with van der Waals surface area (Å²) in [4.78, 5) is 0. The summed E-state index contributed by atoms with van der Waals surface area (Å²) in [5.41, 5.74) is 3.91. The van der Waals surface area contributed by atoms with Gasteiger partial charge in [-0.3, -0.25) is 0 Å². The molecule has 136 valence electrons. The second-order valence-corrected chi connectivity index (χ2v) is 8.90. The monoisotopic (exact) mass is 322 g/mol. The zero-order chi connectivity index (χ0) is 17.3. The summed E-state index contributed by atoms with van der Waals surface area (Å²) in [6.45, 7) is 12.4. The van der Waals surface area contributed by atoms with Gasteiger partial charge in [-0.15, -0.1) is 0 Å². The van der Waals surface area contributed by atoms with Gasteiger partial charge in [0.2, 0.25) is 0 Å². The topological polar surface area (TPSA) is 20.2 Å². The Hall–Kier alpha value is -0.300. The molecular weight excluding hydrogens is 280 g/mol. The molecule has 0 amide bonds. The van der Waals surface area contributed by atoms with E-state index >= 15 is 0 Å². The summed E-state index contributed by atoms with van der Waals surface area (Å²) in [6, 6.07) is 0. The van der Waals surface area contributed by atoms with E-state index in [-0.39, 0.29) is 0 Å². The summed E-state index contributed by atoms with van der Waals surface area (Å²) in [5.74, 6) is 1.69. The normalized spacial score (nSPS) is 20.6. The summed E-state index contributed by atoms with van der Waals surface area (Å²) < 4.78 is 0. The van der Waals surface area contributed by atoms with E-state index < -0.39 is 0 Å². The van der Waals surface area contributed by atoms with Gasteiger partial charge in [-0.1, -0.05) is 70.9 Å². The van der Waals surface area contributed by atoms with Crippen molar-refractivity contribution in [3.63, 3.8) is 0 Å². The lowest BCUT2D eigenvalue weighted by Gasteiger charge is -2.35. The van der Waals surface area contributed by atoms with Gasteiger partial charge in [-0.05, 0) is 62.7 Å². The largest absolute Gasteiger partial charge is 0.396 e. The second kappa shape index (κ2) is 10.5. The van der Waals surface area contributed by atoms with Crippen LogP contribution >= 0.6 is 0 Å². The number of unbranched alkanes of at least 4 members (excludes halogenated alkanes) is 1. The zero-order valence-corrected chi connectivity index (χ0v) is 16.6. The Morgan fingerprint density at radius 3 is 2.17 bits per heavy atom. The Morgan fingerprint density at radius 2 is 1.57 bits per heavy atom. The van der Waals surface area contributed by atoms with Crippen LogP contribution in [0, 0.1) is 17.3 Å². The molecule has 1 nitrogen and oxygen atoms in total. The molecule has 0 saturated heterocycles. The quantitative estimate of drug-likeness (QED) is 0.324. The molecule has 0 aromatic heterocycles. The predicted octanol–water partition coefficient (Wildman–Crippen LogP) is 6.90. The van der Waals surface area contributed by atoms with Gasteiger partial charge in [0.15, 0.2) is 0 Å². The highest BCUT2D eigenvalue weighted by molar-refractivity contribution is 5.22. The second-order valence-electron chi connectivity index (χ2n) is 8.90. The molecule has 23 heavy (non-hydrogen) atoms. The molecule has 2 atom stereocenters. The highest BCUT2D eigenvalue weighted by Gasteiger charge is 2.27. The average Bonchev–Trinajstić information content (AvgIpc) is 2.46. The fourth-order valence-electron chi connectivity index (χ4n) is 4.33. The van der Waals surface area contributed by atoms with Gasteiger partial charge in [0.1, 0.15) is 0 Å². The Kier molecular flexibility index (Phi) is 9.51. The third-order valence-electron chi connectivity index (χ3n) is 6.07. The summed E-state index contributed by atoms with van der Waals surface area (Å²) in [7, 11) is 0. The van der Waals surface area contributed by atoms with Crippen LogP contribution in [-0.2, 0) is 0 Å². The highest BCUT2D eigenvalue weighted by Crippen LogP contribution is 2.42. The molecule has 0 aromatic carbocycles. The molecule has 1 N–H and O–H groups in total. The summed E-state index contributed by atoms with van der Waals surface area (Å²) in [5, 5.41) is 8.85. The van der Waals surface area contributed by atoms with Gasteiger partial charge < -0.3 is 5.11 Å². The molecule has 1 rings (SSSR count). The summed E-state index contributed by atoms with van der Waals surface area (Å²) >= 11 is 0. The van der Waals surface area contributed by atoms with Crippen LogP contribution in [0.2, 0.25) is 0 Å². The van der Waals surface area contributed by atoms with E-state index in [0.717, 1.165) is 18.3 Å². The molecule has 1 heteroatoms. The number of allylic oxidation sites excluding steroid dienone is 2. The number of hydrogen-bond acceptors (Lipinski definition) is 1. The van der Waals surface area contributed by atoms with Crippen LogP contribution in [0.15, 0.2) is 11.1 Å². The Morgan fingerprint density at radius 1 is 0.957 bits per heavy atom. The summed E-state index contributed by atoms with van der Waals surface area (Å²) in [6.07, 6.45) is 14.4. The maximum atomic E-state index is 8.85. The van der Waals surface area contributed by atoms with Crippen molar-refractivity contribution < 1.29 is 5.11 Å². The standard InChI is InChI=1S/C22H42O/c1-18(10-6-7-17-23)11-8-12-19(2)14-15-21-20(3)13-9-16-22(21,4)5/h18-19,23H,6-17H2,1-5H3. The minimum absolute atomic E-state index is 0.357. The molecule has 0 bridgehead atoms. The van der Waals surface area contributed by atoms with Gasteiger partial charge in [0, 0.05) is 6.61 Å². The lowest BCUT2D eigenvalue weighted by Crippen LogP contribution is -2.20. The van der Waals surface area contributed by atoms with Crippen LogP contribution in [0.1, 0.15) is 105 Å². The molecule has 1 aliphatic carbocycles.